The molecule has 1 aliphatic heterocycles. The maximum absolute atomic E-state index is 6.15. The van der Waals surface area contributed by atoms with E-state index in [9.17, 15) is 0 Å². The zero-order valence-corrected chi connectivity index (χ0v) is 16.0. The van der Waals surface area contributed by atoms with Crippen molar-refractivity contribution in [1.29, 1.82) is 0 Å². The zero-order chi connectivity index (χ0) is 18.7. The minimum Gasteiger partial charge on any atom is -0.497 e. The number of rotatable bonds is 6. The van der Waals surface area contributed by atoms with Crippen molar-refractivity contribution in [2.75, 3.05) is 26.6 Å². The van der Waals surface area contributed by atoms with Crippen molar-refractivity contribution < 1.29 is 18.9 Å². The second-order valence-corrected chi connectivity index (χ2v) is 6.97. The smallest absolute Gasteiger partial charge is 0.132 e. The Morgan fingerprint density at radius 3 is 2.35 bits per heavy atom. The lowest BCUT2D eigenvalue weighted by molar-refractivity contribution is -0.140. The van der Waals surface area contributed by atoms with Crippen LogP contribution in [-0.4, -0.2) is 33.0 Å². The molecule has 0 saturated heterocycles. The highest BCUT2D eigenvalue weighted by atomic mass is 16.6. The number of benzene rings is 2. The van der Waals surface area contributed by atoms with Crippen molar-refractivity contribution in [3.8, 4) is 11.5 Å². The highest BCUT2D eigenvalue weighted by Gasteiger charge is 2.44. The Morgan fingerprint density at radius 1 is 1.00 bits per heavy atom. The molecule has 0 fully saturated rings. The monoisotopic (exact) mass is 357 g/mol. The minimum absolute atomic E-state index is 0.179. The summed E-state index contributed by atoms with van der Waals surface area (Å²) in [5.41, 5.74) is 2.73. The molecule has 0 spiro atoms. The Morgan fingerprint density at radius 2 is 1.73 bits per heavy atom. The van der Waals surface area contributed by atoms with Gasteiger partial charge in [-0.15, -0.1) is 0 Å². The number of hydrogen-bond donors (Lipinski definition) is 1. The Hall–Kier alpha value is -2.24. The van der Waals surface area contributed by atoms with E-state index in [1.807, 2.05) is 38.1 Å². The standard InChI is InChI=1S/C21H27NO4/c1-21(2)20(25-5)19(24-4)17-12-15(8-11-18(17)26-21)22-13-14-6-9-16(23-3)10-7-14/h6-12,19-20,22H,13H2,1-5H3. The van der Waals surface area contributed by atoms with Crippen LogP contribution in [-0.2, 0) is 16.0 Å². The van der Waals surface area contributed by atoms with Gasteiger partial charge < -0.3 is 24.3 Å². The van der Waals surface area contributed by atoms with Gasteiger partial charge in [-0.25, -0.2) is 0 Å². The van der Waals surface area contributed by atoms with Gasteiger partial charge in [0, 0.05) is 32.0 Å². The van der Waals surface area contributed by atoms with E-state index >= 15 is 0 Å². The van der Waals surface area contributed by atoms with E-state index in [1.54, 1.807) is 21.3 Å². The van der Waals surface area contributed by atoms with E-state index in [1.165, 1.54) is 5.56 Å². The molecule has 1 aliphatic rings. The molecule has 2 atom stereocenters. The fourth-order valence-corrected chi connectivity index (χ4v) is 3.45. The lowest BCUT2D eigenvalue weighted by Gasteiger charge is -2.43. The summed E-state index contributed by atoms with van der Waals surface area (Å²) >= 11 is 0. The summed E-state index contributed by atoms with van der Waals surface area (Å²) in [5.74, 6) is 1.70. The van der Waals surface area contributed by atoms with Crippen molar-refractivity contribution >= 4 is 5.69 Å². The highest BCUT2D eigenvalue weighted by Crippen LogP contribution is 2.43. The largest absolute Gasteiger partial charge is 0.497 e. The van der Waals surface area contributed by atoms with Gasteiger partial charge in [-0.2, -0.15) is 0 Å². The van der Waals surface area contributed by atoms with Gasteiger partial charge in [-0.3, -0.25) is 0 Å². The summed E-state index contributed by atoms with van der Waals surface area (Å²) in [4.78, 5) is 0. The van der Waals surface area contributed by atoms with Crippen LogP contribution in [0.2, 0.25) is 0 Å². The summed E-state index contributed by atoms with van der Waals surface area (Å²) in [5, 5.41) is 3.45. The van der Waals surface area contributed by atoms with Crippen molar-refractivity contribution in [2.24, 2.45) is 0 Å². The first-order valence-electron chi connectivity index (χ1n) is 8.74. The molecule has 3 rings (SSSR count). The summed E-state index contributed by atoms with van der Waals surface area (Å²) in [6.07, 6.45) is -0.363. The van der Waals surface area contributed by atoms with Crippen LogP contribution in [0.5, 0.6) is 11.5 Å². The Balaban J connectivity index is 1.79. The third-order valence-electron chi connectivity index (χ3n) is 4.81. The molecule has 5 heteroatoms. The normalized spacial score (nSPS) is 20.8. The van der Waals surface area contributed by atoms with E-state index in [0.717, 1.165) is 29.3 Å². The van der Waals surface area contributed by atoms with Crippen molar-refractivity contribution in [1.82, 2.24) is 0 Å². The van der Waals surface area contributed by atoms with Gasteiger partial charge in [-0.1, -0.05) is 12.1 Å². The average Bonchev–Trinajstić information content (AvgIpc) is 2.65. The predicted octanol–water partition coefficient (Wildman–Crippen LogP) is 4.18. The molecule has 0 aliphatic carbocycles. The maximum atomic E-state index is 6.15. The van der Waals surface area contributed by atoms with Crippen molar-refractivity contribution in [2.45, 2.75) is 38.2 Å². The molecular weight excluding hydrogens is 330 g/mol. The first-order valence-corrected chi connectivity index (χ1v) is 8.74. The number of nitrogens with one attached hydrogen (secondary N) is 1. The molecule has 26 heavy (non-hydrogen) atoms. The van der Waals surface area contributed by atoms with E-state index in [4.69, 9.17) is 18.9 Å². The number of methoxy groups -OCH3 is 3. The van der Waals surface area contributed by atoms with E-state index in [0.29, 0.717) is 0 Å². The number of hydrogen-bond acceptors (Lipinski definition) is 5. The molecule has 2 unspecified atom stereocenters. The molecule has 0 saturated carbocycles. The van der Waals surface area contributed by atoms with Crippen molar-refractivity contribution in [3.05, 3.63) is 53.6 Å². The maximum Gasteiger partial charge on any atom is 0.132 e. The topological polar surface area (TPSA) is 49.0 Å². The summed E-state index contributed by atoms with van der Waals surface area (Å²) in [7, 11) is 5.07. The molecule has 2 aromatic rings. The zero-order valence-electron chi connectivity index (χ0n) is 16.0. The Bertz CT molecular complexity index is 742. The highest BCUT2D eigenvalue weighted by molar-refractivity contribution is 5.54. The Kier molecular flexibility index (Phi) is 5.39. The second kappa shape index (κ2) is 7.56. The molecule has 140 valence electrons. The third kappa shape index (κ3) is 3.64. The summed E-state index contributed by atoms with van der Waals surface area (Å²) in [6.45, 7) is 4.76. The average molecular weight is 357 g/mol. The van der Waals surface area contributed by atoms with Gasteiger partial charge in [0.05, 0.1) is 7.11 Å². The quantitative estimate of drug-likeness (QED) is 0.840. The van der Waals surface area contributed by atoms with Crippen molar-refractivity contribution in [3.63, 3.8) is 0 Å². The van der Waals surface area contributed by atoms with Gasteiger partial charge >= 0.3 is 0 Å². The molecule has 2 aromatic carbocycles. The molecule has 0 bridgehead atoms. The molecule has 5 nitrogen and oxygen atoms in total. The fourth-order valence-electron chi connectivity index (χ4n) is 3.45. The van der Waals surface area contributed by atoms with Gasteiger partial charge in [0.15, 0.2) is 0 Å². The lowest BCUT2D eigenvalue weighted by Crippen LogP contribution is -2.50. The molecule has 0 aromatic heterocycles. The lowest BCUT2D eigenvalue weighted by atomic mass is 9.88. The van der Waals surface area contributed by atoms with Gasteiger partial charge in [0.2, 0.25) is 0 Å². The van der Waals surface area contributed by atoms with Gasteiger partial charge in [0.1, 0.15) is 29.3 Å². The van der Waals surface area contributed by atoms with Crippen LogP contribution < -0.4 is 14.8 Å². The van der Waals surface area contributed by atoms with E-state index < -0.39 is 5.60 Å². The van der Waals surface area contributed by atoms with Crippen LogP contribution >= 0.6 is 0 Å². The van der Waals surface area contributed by atoms with Crippen LogP contribution in [0.4, 0.5) is 5.69 Å². The van der Waals surface area contributed by atoms with Gasteiger partial charge in [-0.05, 0) is 49.7 Å². The van der Waals surface area contributed by atoms with Crippen LogP contribution in [0.3, 0.4) is 0 Å². The predicted molar refractivity (Wildman–Crippen MR) is 102 cm³/mol. The van der Waals surface area contributed by atoms with E-state index in [-0.39, 0.29) is 12.2 Å². The molecular formula is C21H27NO4. The molecule has 0 radical (unpaired) electrons. The number of fused-ring (bicyclic) bond motifs is 1. The fraction of sp³-hybridized carbons (Fsp3) is 0.429. The molecule has 1 heterocycles. The van der Waals surface area contributed by atoms with Crippen LogP contribution in [0.1, 0.15) is 31.1 Å². The minimum atomic E-state index is -0.458. The van der Waals surface area contributed by atoms with Crippen LogP contribution in [0, 0.1) is 0 Å². The Labute approximate surface area is 155 Å². The molecule has 0 amide bonds. The summed E-state index contributed by atoms with van der Waals surface area (Å²) in [6, 6.07) is 14.1. The number of anilines is 1. The van der Waals surface area contributed by atoms with Crippen LogP contribution in [0.25, 0.3) is 0 Å². The van der Waals surface area contributed by atoms with Gasteiger partial charge in [0.25, 0.3) is 0 Å². The SMILES string of the molecule is COc1ccc(CNc2ccc3c(c2)C(OC)C(OC)C(C)(C)O3)cc1. The second-order valence-electron chi connectivity index (χ2n) is 6.97. The first-order chi connectivity index (χ1) is 12.5. The summed E-state index contributed by atoms with van der Waals surface area (Å²) < 4.78 is 22.8. The first kappa shape index (κ1) is 18.5. The third-order valence-corrected chi connectivity index (χ3v) is 4.81. The van der Waals surface area contributed by atoms with E-state index in [2.05, 4.69) is 23.5 Å². The van der Waals surface area contributed by atoms with Crippen LogP contribution in [0.15, 0.2) is 42.5 Å². The number of ether oxygens (including phenoxy) is 4. The molecule has 1 N–H and O–H groups in total.